The molecule has 0 amide bonds. The molecule has 0 unspecified atom stereocenters. The van der Waals surface area contributed by atoms with E-state index in [2.05, 4.69) is 185 Å². The number of hydrogen-bond acceptors (Lipinski definition) is 4. The first-order valence-electron chi connectivity index (χ1n) is 21.8. The van der Waals surface area contributed by atoms with E-state index in [1.54, 1.807) is 0 Å². The Balaban J connectivity index is 0.00000490. The SMILES string of the molecule is CN1[CH-]N2c3[c-]c(Oc4[c-]c(-n5ncc6ccccc65)ccc4)ccc3C3(c4cccc1c42)c1c(cc(C(C)(C)C)cc1C(C)(C)C)-c1cc(C(C)(C)C)cc(C(C)(C)C)c13.[Pt]. The van der Waals surface area contributed by atoms with Gasteiger partial charge in [0.1, 0.15) is 0 Å². The fourth-order valence-corrected chi connectivity index (χ4v) is 10.1. The van der Waals surface area contributed by atoms with Gasteiger partial charge in [0, 0.05) is 54.7 Å². The van der Waals surface area contributed by atoms with Crippen molar-refractivity contribution in [1.29, 1.82) is 0 Å². The molecule has 3 aliphatic rings. The second-order valence-electron chi connectivity index (χ2n) is 21.6. The Morgan fingerprint density at radius 2 is 1.21 bits per heavy atom. The predicted molar refractivity (Wildman–Crippen MR) is 252 cm³/mol. The maximum atomic E-state index is 6.77. The van der Waals surface area contributed by atoms with Crippen LogP contribution in [-0.4, -0.2) is 16.8 Å². The number of hydrogen-bond donors (Lipinski definition) is 0. The molecular weight excluding hydrogens is 940 g/mol. The molecule has 1 spiro atoms. The fourth-order valence-electron chi connectivity index (χ4n) is 10.1. The minimum Gasteiger partial charge on any atom is -0.509 e. The molecule has 320 valence electrons. The molecule has 6 aromatic carbocycles. The van der Waals surface area contributed by atoms with Crippen LogP contribution in [0.4, 0.5) is 17.1 Å². The van der Waals surface area contributed by atoms with Crippen molar-refractivity contribution in [2.45, 2.75) is 110 Å². The summed E-state index contributed by atoms with van der Waals surface area (Å²) in [6.07, 6.45) is 1.89. The van der Waals surface area contributed by atoms with Crippen molar-refractivity contribution in [2.75, 3.05) is 16.8 Å². The van der Waals surface area contributed by atoms with Gasteiger partial charge in [0.25, 0.3) is 0 Å². The van der Waals surface area contributed by atoms with E-state index < -0.39 is 5.41 Å². The number of aromatic nitrogens is 2. The molecular formula is C56H57N4OPt-3. The van der Waals surface area contributed by atoms with Gasteiger partial charge < -0.3 is 14.5 Å². The molecule has 62 heavy (non-hydrogen) atoms. The molecule has 5 nitrogen and oxygen atoms in total. The van der Waals surface area contributed by atoms with Gasteiger partial charge in [-0.05, 0) is 96.6 Å². The van der Waals surface area contributed by atoms with Crippen molar-refractivity contribution in [3.8, 4) is 28.3 Å². The first-order valence-corrected chi connectivity index (χ1v) is 21.8. The van der Waals surface area contributed by atoms with Gasteiger partial charge >= 0.3 is 0 Å². The molecule has 0 bridgehead atoms. The Labute approximate surface area is 383 Å². The third-order valence-electron chi connectivity index (χ3n) is 13.2. The second-order valence-corrected chi connectivity index (χ2v) is 21.6. The van der Waals surface area contributed by atoms with Crippen molar-refractivity contribution >= 4 is 28.0 Å². The van der Waals surface area contributed by atoms with Crippen molar-refractivity contribution in [3.63, 3.8) is 0 Å². The zero-order valence-electron chi connectivity index (χ0n) is 38.4. The summed E-state index contributed by atoms with van der Waals surface area (Å²) >= 11 is 0. The summed E-state index contributed by atoms with van der Waals surface area (Å²) in [5.41, 5.74) is 17.6. The van der Waals surface area contributed by atoms with E-state index in [0.29, 0.717) is 11.5 Å². The Kier molecular flexibility index (Phi) is 9.49. The first kappa shape index (κ1) is 42.2. The zero-order chi connectivity index (χ0) is 43.2. The van der Waals surface area contributed by atoms with Crippen LogP contribution in [0.15, 0.2) is 103 Å². The Bertz CT molecular complexity index is 2860. The third-order valence-corrected chi connectivity index (χ3v) is 13.2. The molecule has 0 fully saturated rings. The van der Waals surface area contributed by atoms with E-state index >= 15 is 0 Å². The largest absolute Gasteiger partial charge is 0.509 e. The molecule has 0 saturated heterocycles. The molecule has 0 N–H and O–H groups in total. The van der Waals surface area contributed by atoms with Crippen LogP contribution in [0.25, 0.3) is 27.7 Å². The number of rotatable bonds is 3. The summed E-state index contributed by atoms with van der Waals surface area (Å²) in [7, 11) is 2.16. The topological polar surface area (TPSA) is 33.5 Å². The van der Waals surface area contributed by atoms with Crippen LogP contribution in [0.2, 0.25) is 0 Å². The van der Waals surface area contributed by atoms with Gasteiger partial charge in [-0.2, -0.15) is 23.9 Å². The fraction of sp³-hybridized carbons (Fsp3) is 0.321. The second kappa shape index (κ2) is 13.9. The van der Waals surface area contributed by atoms with Gasteiger partial charge in [0.05, 0.1) is 11.7 Å². The molecule has 0 atom stereocenters. The molecule has 0 saturated carbocycles. The Hall–Kier alpha value is -5.12. The Morgan fingerprint density at radius 3 is 1.82 bits per heavy atom. The molecule has 0 radical (unpaired) electrons. The first-order chi connectivity index (χ1) is 28.7. The number of para-hydroxylation sites is 2. The number of fused-ring (bicyclic) bond motifs is 10. The van der Waals surface area contributed by atoms with E-state index in [4.69, 9.17) is 9.84 Å². The summed E-state index contributed by atoms with van der Waals surface area (Å²) in [5.74, 6) is 1.24. The van der Waals surface area contributed by atoms with Crippen LogP contribution >= 0.6 is 0 Å². The minimum atomic E-state index is -0.652. The van der Waals surface area contributed by atoms with Gasteiger partial charge in [-0.15, -0.1) is 35.9 Å². The average Bonchev–Trinajstić information content (AvgIpc) is 3.86. The van der Waals surface area contributed by atoms with Crippen LogP contribution < -0.4 is 14.5 Å². The van der Waals surface area contributed by atoms with E-state index in [1.807, 2.05) is 41.2 Å². The number of anilines is 3. The molecule has 3 heterocycles. The van der Waals surface area contributed by atoms with Crippen LogP contribution in [0.1, 0.15) is 128 Å². The molecule has 2 aliphatic heterocycles. The van der Waals surface area contributed by atoms with E-state index in [9.17, 15) is 0 Å². The molecule has 7 aromatic rings. The monoisotopic (exact) mass is 996 g/mol. The third kappa shape index (κ3) is 6.23. The number of nitrogens with zero attached hydrogens (tertiary/aromatic N) is 4. The molecule has 10 rings (SSSR count). The van der Waals surface area contributed by atoms with Gasteiger partial charge in [-0.1, -0.05) is 143 Å². The van der Waals surface area contributed by atoms with Gasteiger partial charge in [-0.3, -0.25) is 4.68 Å². The summed E-state index contributed by atoms with van der Waals surface area (Å²) in [4.78, 5) is 4.61. The van der Waals surface area contributed by atoms with Gasteiger partial charge in [-0.25, -0.2) is 0 Å². The van der Waals surface area contributed by atoms with Crippen molar-refractivity contribution in [3.05, 3.63) is 167 Å². The van der Waals surface area contributed by atoms with Crippen LogP contribution in [0, 0.1) is 18.8 Å². The normalized spacial score (nSPS) is 15.0. The van der Waals surface area contributed by atoms with Gasteiger partial charge in [0.15, 0.2) is 0 Å². The summed E-state index contributed by atoms with van der Waals surface area (Å²) < 4.78 is 8.68. The standard InChI is InChI=1S/C56H57N4O.Pt/c1-52(2,3)35-26-40-41-27-36(53(4,5)6)29-45(55(10,11)12)50(41)56(49(40)44(28-35)54(7,8)9)42-25-24-39(31-48(42)59-33-58(13)47-23-17-21-43(56)51(47)59)61-38-20-16-19-37(30-38)60-46-22-15-14-18-34(46)32-57-60;/h14-29,32-33H,1-13H3;/q-3;. The van der Waals surface area contributed by atoms with Crippen LogP contribution in [0.3, 0.4) is 0 Å². The number of benzene rings is 6. The van der Waals surface area contributed by atoms with E-state index in [0.717, 1.165) is 22.3 Å². The smallest absolute Gasteiger partial charge is 0.0716 e. The van der Waals surface area contributed by atoms with Crippen LogP contribution in [-0.2, 0) is 48.1 Å². The van der Waals surface area contributed by atoms with E-state index in [1.165, 1.54) is 67.0 Å². The summed E-state index contributed by atoms with van der Waals surface area (Å²) in [5, 5.41) is 5.77. The number of ether oxygens (including phenoxy) is 1. The van der Waals surface area contributed by atoms with Gasteiger partial charge in [0.2, 0.25) is 0 Å². The maximum absolute atomic E-state index is 6.77. The van der Waals surface area contributed by atoms with Crippen LogP contribution in [0.5, 0.6) is 11.5 Å². The predicted octanol–water partition coefficient (Wildman–Crippen LogP) is 14.0. The molecule has 1 aliphatic carbocycles. The summed E-state index contributed by atoms with van der Waals surface area (Å²) in [6.45, 7) is 30.7. The zero-order valence-corrected chi connectivity index (χ0v) is 40.7. The molecule has 1 aromatic heterocycles. The van der Waals surface area contributed by atoms with Crippen molar-refractivity contribution < 1.29 is 25.8 Å². The van der Waals surface area contributed by atoms with E-state index in [-0.39, 0.29) is 42.7 Å². The Morgan fingerprint density at radius 1 is 0.613 bits per heavy atom. The van der Waals surface area contributed by atoms with Crippen molar-refractivity contribution in [1.82, 2.24) is 9.78 Å². The quantitative estimate of drug-likeness (QED) is 0.165. The van der Waals surface area contributed by atoms with Crippen molar-refractivity contribution in [2.24, 2.45) is 0 Å². The molecule has 6 heteroatoms. The summed E-state index contributed by atoms with van der Waals surface area (Å²) in [6, 6.07) is 43.1. The minimum absolute atomic E-state index is 0. The average molecular weight is 997 g/mol. The maximum Gasteiger partial charge on any atom is 0.0716 e.